The van der Waals surface area contributed by atoms with E-state index in [4.69, 9.17) is 9.47 Å². The number of hydrogen-bond acceptors (Lipinski definition) is 4. The average molecular weight is 320 g/mol. The molecule has 1 N–H and O–H groups in total. The number of likely N-dealkylation sites (tertiary alicyclic amines) is 1. The van der Waals surface area contributed by atoms with Crippen molar-refractivity contribution in [2.45, 2.75) is 38.6 Å². The van der Waals surface area contributed by atoms with Gasteiger partial charge in [0, 0.05) is 25.2 Å². The number of piperidine rings is 1. The summed E-state index contributed by atoms with van der Waals surface area (Å²) in [6, 6.07) is 5.90. The molecule has 23 heavy (non-hydrogen) atoms. The SMILES string of the molecule is COc1ccc(C(=O)NCCCN2CCCC[C@@H]2C)c(OC)c1. The highest BCUT2D eigenvalue weighted by Crippen LogP contribution is 2.24. The smallest absolute Gasteiger partial charge is 0.255 e. The molecule has 0 unspecified atom stereocenters. The van der Waals surface area contributed by atoms with Crippen LogP contribution in [0.3, 0.4) is 0 Å². The van der Waals surface area contributed by atoms with Crippen LogP contribution in [0.4, 0.5) is 0 Å². The first-order chi connectivity index (χ1) is 11.2. The lowest BCUT2D eigenvalue weighted by molar-refractivity contribution is 0.0946. The highest BCUT2D eigenvalue weighted by Gasteiger charge is 2.17. The van der Waals surface area contributed by atoms with Crippen molar-refractivity contribution in [3.63, 3.8) is 0 Å². The minimum absolute atomic E-state index is 0.101. The molecule has 0 aliphatic carbocycles. The van der Waals surface area contributed by atoms with Crippen LogP contribution in [0.5, 0.6) is 11.5 Å². The van der Waals surface area contributed by atoms with Crippen LogP contribution >= 0.6 is 0 Å². The van der Waals surface area contributed by atoms with E-state index in [2.05, 4.69) is 17.1 Å². The molecular formula is C18H28N2O3. The summed E-state index contributed by atoms with van der Waals surface area (Å²) in [5.74, 6) is 1.11. The molecule has 0 bridgehead atoms. The van der Waals surface area contributed by atoms with Crippen molar-refractivity contribution in [2.24, 2.45) is 0 Å². The molecule has 5 nitrogen and oxygen atoms in total. The Bertz CT molecular complexity index is 519. The quantitative estimate of drug-likeness (QED) is 0.785. The third kappa shape index (κ3) is 4.86. The normalized spacial score (nSPS) is 18.5. The van der Waals surface area contributed by atoms with E-state index in [0.717, 1.165) is 13.0 Å². The van der Waals surface area contributed by atoms with E-state index < -0.39 is 0 Å². The Morgan fingerprint density at radius 3 is 2.83 bits per heavy atom. The number of benzene rings is 1. The highest BCUT2D eigenvalue weighted by molar-refractivity contribution is 5.97. The van der Waals surface area contributed by atoms with Crippen LogP contribution in [0.25, 0.3) is 0 Å². The lowest BCUT2D eigenvalue weighted by atomic mass is 10.0. The van der Waals surface area contributed by atoms with Gasteiger partial charge >= 0.3 is 0 Å². The standard InChI is InChI=1S/C18H28N2O3/c1-14-7-4-5-11-20(14)12-6-10-19-18(21)16-9-8-15(22-2)13-17(16)23-3/h8-9,13-14H,4-7,10-12H2,1-3H3,(H,19,21)/t14-/m0/s1. The molecule has 1 atom stereocenters. The van der Waals surface area contributed by atoms with E-state index in [0.29, 0.717) is 29.6 Å². The van der Waals surface area contributed by atoms with Gasteiger partial charge in [-0.3, -0.25) is 4.79 Å². The maximum absolute atomic E-state index is 12.3. The summed E-state index contributed by atoms with van der Waals surface area (Å²) in [5, 5.41) is 2.98. The van der Waals surface area contributed by atoms with Gasteiger partial charge in [0.05, 0.1) is 19.8 Å². The fourth-order valence-electron chi connectivity index (χ4n) is 3.06. The summed E-state index contributed by atoms with van der Waals surface area (Å²) < 4.78 is 10.4. The molecule has 1 aromatic carbocycles. The van der Waals surface area contributed by atoms with Gasteiger partial charge in [-0.25, -0.2) is 0 Å². The minimum Gasteiger partial charge on any atom is -0.497 e. The number of ether oxygens (including phenoxy) is 2. The van der Waals surface area contributed by atoms with Crippen LogP contribution < -0.4 is 14.8 Å². The number of carbonyl (C=O) groups excluding carboxylic acids is 1. The summed E-state index contributed by atoms with van der Waals surface area (Å²) >= 11 is 0. The van der Waals surface area contributed by atoms with Gasteiger partial charge in [-0.2, -0.15) is 0 Å². The predicted octanol–water partition coefficient (Wildman–Crippen LogP) is 2.70. The zero-order chi connectivity index (χ0) is 16.7. The van der Waals surface area contributed by atoms with Crippen LogP contribution in [0.2, 0.25) is 0 Å². The largest absolute Gasteiger partial charge is 0.497 e. The number of methoxy groups -OCH3 is 2. The van der Waals surface area contributed by atoms with Gasteiger partial charge in [0.25, 0.3) is 5.91 Å². The van der Waals surface area contributed by atoms with E-state index in [1.54, 1.807) is 32.4 Å². The Balaban J connectivity index is 1.80. The Labute approximate surface area is 139 Å². The Morgan fingerprint density at radius 2 is 2.13 bits per heavy atom. The topological polar surface area (TPSA) is 50.8 Å². The van der Waals surface area contributed by atoms with Crippen molar-refractivity contribution in [1.29, 1.82) is 0 Å². The molecule has 1 aliphatic rings. The minimum atomic E-state index is -0.101. The summed E-state index contributed by atoms with van der Waals surface area (Å²) in [7, 11) is 3.15. The second-order valence-corrected chi connectivity index (χ2v) is 6.06. The number of hydrogen-bond donors (Lipinski definition) is 1. The van der Waals surface area contributed by atoms with Gasteiger partial charge in [0.2, 0.25) is 0 Å². The maximum atomic E-state index is 12.3. The first-order valence-corrected chi connectivity index (χ1v) is 8.40. The molecule has 1 aliphatic heterocycles. The number of nitrogens with one attached hydrogen (secondary N) is 1. The van der Waals surface area contributed by atoms with Gasteiger partial charge in [-0.1, -0.05) is 6.42 Å². The first-order valence-electron chi connectivity index (χ1n) is 8.40. The average Bonchev–Trinajstić information content (AvgIpc) is 2.59. The number of nitrogens with zero attached hydrogens (tertiary/aromatic N) is 1. The monoisotopic (exact) mass is 320 g/mol. The van der Waals surface area contributed by atoms with Crippen molar-refractivity contribution in [2.75, 3.05) is 33.9 Å². The van der Waals surface area contributed by atoms with Crippen LogP contribution in [-0.2, 0) is 0 Å². The second-order valence-electron chi connectivity index (χ2n) is 6.06. The second kappa shape index (κ2) is 8.77. The van der Waals surface area contributed by atoms with Gasteiger partial charge in [0.15, 0.2) is 0 Å². The molecular weight excluding hydrogens is 292 g/mol. The summed E-state index contributed by atoms with van der Waals surface area (Å²) in [5.41, 5.74) is 0.541. The van der Waals surface area contributed by atoms with Crippen molar-refractivity contribution in [3.05, 3.63) is 23.8 Å². The van der Waals surface area contributed by atoms with Crippen molar-refractivity contribution in [1.82, 2.24) is 10.2 Å². The van der Waals surface area contributed by atoms with Crippen LogP contribution in [-0.4, -0.2) is 50.7 Å². The van der Waals surface area contributed by atoms with Gasteiger partial charge in [0.1, 0.15) is 11.5 Å². The number of rotatable bonds is 7. The van der Waals surface area contributed by atoms with Gasteiger partial charge in [-0.15, -0.1) is 0 Å². The molecule has 1 fully saturated rings. The van der Waals surface area contributed by atoms with E-state index >= 15 is 0 Å². The van der Waals surface area contributed by atoms with Crippen LogP contribution in [0.1, 0.15) is 43.0 Å². The predicted molar refractivity (Wildman–Crippen MR) is 91.4 cm³/mol. The molecule has 5 heteroatoms. The molecule has 0 radical (unpaired) electrons. The summed E-state index contributed by atoms with van der Waals surface area (Å²) in [6.07, 6.45) is 4.88. The third-order valence-corrected chi connectivity index (χ3v) is 4.50. The molecule has 128 valence electrons. The molecule has 1 saturated heterocycles. The van der Waals surface area contributed by atoms with E-state index in [1.165, 1.54) is 25.8 Å². The zero-order valence-electron chi connectivity index (χ0n) is 14.4. The number of amides is 1. The van der Waals surface area contributed by atoms with E-state index in [9.17, 15) is 4.79 Å². The molecule has 0 aromatic heterocycles. The highest BCUT2D eigenvalue weighted by atomic mass is 16.5. The molecule has 2 rings (SSSR count). The molecule has 1 heterocycles. The Morgan fingerprint density at radius 1 is 1.30 bits per heavy atom. The number of carbonyl (C=O) groups is 1. The summed E-state index contributed by atoms with van der Waals surface area (Å²) in [6.45, 7) is 5.19. The Kier molecular flexibility index (Phi) is 6.71. The molecule has 1 amide bonds. The fourth-order valence-corrected chi connectivity index (χ4v) is 3.06. The summed E-state index contributed by atoms with van der Waals surface area (Å²) in [4.78, 5) is 14.8. The van der Waals surface area contributed by atoms with Crippen molar-refractivity contribution < 1.29 is 14.3 Å². The molecule has 1 aromatic rings. The van der Waals surface area contributed by atoms with Gasteiger partial charge in [-0.05, 0) is 44.9 Å². The van der Waals surface area contributed by atoms with Crippen LogP contribution in [0, 0.1) is 0 Å². The van der Waals surface area contributed by atoms with E-state index in [-0.39, 0.29) is 5.91 Å². The zero-order valence-corrected chi connectivity index (χ0v) is 14.4. The lowest BCUT2D eigenvalue weighted by Crippen LogP contribution is -2.39. The third-order valence-electron chi connectivity index (χ3n) is 4.50. The Hall–Kier alpha value is -1.75. The van der Waals surface area contributed by atoms with Gasteiger partial charge < -0.3 is 19.7 Å². The molecule has 0 saturated carbocycles. The van der Waals surface area contributed by atoms with Crippen LogP contribution in [0.15, 0.2) is 18.2 Å². The first kappa shape index (κ1) is 17.6. The van der Waals surface area contributed by atoms with E-state index in [1.807, 2.05) is 0 Å². The van der Waals surface area contributed by atoms with Crippen molar-refractivity contribution >= 4 is 5.91 Å². The fraction of sp³-hybridized carbons (Fsp3) is 0.611. The maximum Gasteiger partial charge on any atom is 0.255 e. The lowest BCUT2D eigenvalue weighted by Gasteiger charge is -2.33. The van der Waals surface area contributed by atoms with Crippen molar-refractivity contribution in [3.8, 4) is 11.5 Å². The molecule has 0 spiro atoms.